The number of hydrogen-bond donors (Lipinski definition) is 3. The zero-order chi connectivity index (χ0) is 13.1. The van der Waals surface area contributed by atoms with Gasteiger partial charge in [-0.15, -0.1) is 0 Å². The van der Waals surface area contributed by atoms with Crippen molar-refractivity contribution >= 4 is 5.91 Å². The van der Waals surface area contributed by atoms with Gasteiger partial charge in [0, 0.05) is 18.6 Å². The molecule has 1 saturated carbocycles. The molecule has 0 radical (unpaired) electrons. The molecule has 0 aromatic carbocycles. The summed E-state index contributed by atoms with van der Waals surface area (Å²) in [5, 5.41) is 12.0. The Labute approximate surface area is 104 Å². The molecule has 1 aliphatic rings. The van der Waals surface area contributed by atoms with Gasteiger partial charge in [0.2, 0.25) is 5.91 Å². The molecule has 17 heavy (non-hydrogen) atoms. The predicted octanol–water partition coefficient (Wildman–Crippen LogP) is 1.03. The van der Waals surface area contributed by atoms with Gasteiger partial charge in [-0.1, -0.05) is 33.6 Å². The molecule has 100 valence electrons. The monoisotopic (exact) mass is 242 g/mol. The van der Waals surface area contributed by atoms with Gasteiger partial charge in [-0.2, -0.15) is 0 Å². The topological polar surface area (TPSA) is 75.4 Å². The molecule has 0 saturated heterocycles. The van der Waals surface area contributed by atoms with Crippen LogP contribution in [0.2, 0.25) is 0 Å². The van der Waals surface area contributed by atoms with Gasteiger partial charge in [-0.25, -0.2) is 0 Å². The van der Waals surface area contributed by atoms with Crippen LogP contribution >= 0.6 is 0 Å². The first-order valence-corrected chi connectivity index (χ1v) is 6.47. The van der Waals surface area contributed by atoms with Crippen molar-refractivity contribution < 1.29 is 9.90 Å². The van der Waals surface area contributed by atoms with Gasteiger partial charge >= 0.3 is 0 Å². The summed E-state index contributed by atoms with van der Waals surface area (Å²) in [6.45, 7) is 6.50. The maximum Gasteiger partial charge on any atom is 0.240 e. The minimum atomic E-state index is -0.705. The molecule has 2 atom stereocenters. The number of carbonyl (C=O) groups excluding carboxylic acids is 1. The number of aliphatic hydroxyl groups excluding tert-OH is 1. The minimum Gasteiger partial charge on any atom is -0.396 e. The van der Waals surface area contributed by atoms with E-state index in [4.69, 9.17) is 10.8 Å². The molecule has 0 heterocycles. The fourth-order valence-corrected chi connectivity index (χ4v) is 2.35. The van der Waals surface area contributed by atoms with Crippen molar-refractivity contribution in [3.8, 4) is 0 Å². The van der Waals surface area contributed by atoms with E-state index in [-0.39, 0.29) is 17.9 Å². The largest absolute Gasteiger partial charge is 0.396 e. The van der Waals surface area contributed by atoms with E-state index in [2.05, 4.69) is 12.2 Å². The number of amides is 1. The number of hydrogen-bond acceptors (Lipinski definition) is 3. The van der Waals surface area contributed by atoms with Gasteiger partial charge in [-0.05, 0) is 18.8 Å². The molecule has 4 heteroatoms. The average molecular weight is 242 g/mol. The number of carbonyl (C=O) groups is 1. The minimum absolute atomic E-state index is 0.0568. The van der Waals surface area contributed by atoms with Gasteiger partial charge in [0.05, 0.1) is 5.54 Å². The molecular weight excluding hydrogens is 216 g/mol. The standard InChI is InChI=1S/C13H26N2O2/c1-10-5-4-6-13(14,7-10)11(17)15-8-12(2,3)9-16/h10,16H,4-9,14H2,1-3H3,(H,15,17). The number of rotatable bonds is 4. The van der Waals surface area contributed by atoms with E-state index in [0.29, 0.717) is 12.5 Å². The smallest absolute Gasteiger partial charge is 0.240 e. The summed E-state index contributed by atoms with van der Waals surface area (Å²) >= 11 is 0. The highest BCUT2D eigenvalue weighted by Crippen LogP contribution is 2.30. The third-order valence-electron chi connectivity index (χ3n) is 3.64. The van der Waals surface area contributed by atoms with Crippen molar-refractivity contribution in [1.29, 1.82) is 0 Å². The summed E-state index contributed by atoms with van der Waals surface area (Å²) in [6, 6.07) is 0. The lowest BCUT2D eigenvalue weighted by Crippen LogP contribution is -2.57. The highest BCUT2D eigenvalue weighted by atomic mass is 16.3. The van der Waals surface area contributed by atoms with E-state index in [1.807, 2.05) is 13.8 Å². The second kappa shape index (κ2) is 5.36. The molecule has 4 N–H and O–H groups in total. The first kappa shape index (κ1) is 14.5. The zero-order valence-electron chi connectivity index (χ0n) is 11.3. The van der Waals surface area contributed by atoms with Crippen LogP contribution in [0.1, 0.15) is 46.5 Å². The van der Waals surface area contributed by atoms with Crippen LogP contribution in [0.25, 0.3) is 0 Å². The number of nitrogens with two attached hydrogens (primary N) is 1. The molecule has 4 nitrogen and oxygen atoms in total. The van der Waals surface area contributed by atoms with Crippen LogP contribution in [-0.2, 0) is 4.79 Å². The van der Waals surface area contributed by atoms with Crippen molar-refractivity contribution in [3.05, 3.63) is 0 Å². The van der Waals surface area contributed by atoms with Crippen molar-refractivity contribution in [2.24, 2.45) is 17.1 Å². The van der Waals surface area contributed by atoms with Crippen molar-refractivity contribution in [2.45, 2.75) is 52.0 Å². The lowest BCUT2D eigenvalue weighted by atomic mass is 9.76. The highest BCUT2D eigenvalue weighted by molar-refractivity contribution is 5.86. The molecule has 1 aliphatic carbocycles. The fourth-order valence-electron chi connectivity index (χ4n) is 2.35. The average Bonchev–Trinajstić information content (AvgIpc) is 2.25. The Balaban J connectivity index is 2.51. The van der Waals surface area contributed by atoms with E-state index >= 15 is 0 Å². The summed E-state index contributed by atoms with van der Waals surface area (Å²) < 4.78 is 0. The molecular formula is C13H26N2O2. The lowest BCUT2D eigenvalue weighted by molar-refractivity contribution is -0.128. The van der Waals surface area contributed by atoms with Gasteiger partial charge in [0.15, 0.2) is 0 Å². The molecule has 0 spiro atoms. The second-order valence-corrected chi connectivity index (χ2v) is 6.36. The van der Waals surface area contributed by atoms with Crippen LogP contribution in [-0.4, -0.2) is 29.7 Å². The maximum atomic E-state index is 12.1. The van der Waals surface area contributed by atoms with E-state index in [1.165, 1.54) is 0 Å². The van der Waals surface area contributed by atoms with Crippen LogP contribution < -0.4 is 11.1 Å². The molecule has 2 unspecified atom stereocenters. The summed E-state index contributed by atoms with van der Waals surface area (Å²) in [5.41, 5.74) is 5.20. The first-order valence-electron chi connectivity index (χ1n) is 6.47. The summed E-state index contributed by atoms with van der Waals surface area (Å²) in [5.74, 6) is 0.455. The molecule has 1 rings (SSSR count). The van der Waals surface area contributed by atoms with Crippen molar-refractivity contribution in [3.63, 3.8) is 0 Å². The Morgan fingerprint density at radius 3 is 2.76 bits per heavy atom. The third kappa shape index (κ3) is 3.96. The SMILES string of the molecule is CC1CCCC(N)(C(=O)NCC(C)(C)CO)C1. The molecule has 0 aromatic heterocycles. The zero-order valence-corrected chi connectivity index (χ0v) is 11.3. The van der Waals surface area contributed by atoms with Crippen LogP contribution in [0.5, 0.6) is 0 Å². The summed E-state index contributed by atoms with van der Waals surface area (Å²) in [7, 11) is 0. The van der Waals surface area contributed by atoms with Crippen LogP contribution in [0.3, 0.4) is 0 Å². The Bertz CT molecular complexity index is 279. The Kier molecular flexibility index (Phi) is 4.55. The van der Waals surface area contributed by atoms with E-state index < -0.39 is 5.54 Å². The van der Waals surface area contributed by atoms with E-state index in [1.54, 1.807) is 0 Å². The van der Waals surface area contributed by atoms with E-state index in [0.717, 1.165) is 25.7 Å². The second-order valence-electron chi connectivity index (χ2n) is 6.36. The Morgan fingerprint density at radius 1 is 1.59 bits per heavy atom. The molecule has 1 amide bonds. The van der Waals surface area contributed by atoms with Crippen LogP contribution in [0.4, 0.5) is 0 Å². The molecule has 0 aromatic rings. The normalized spacial score (nSPS) is 30.1. The van der Waals surface area contributed by atoms with Crippen LogP contribution in [0.15, 0.2) is 0 Å². The van der Waals surface area contributed by atoms with Crippen molar-refractivity contribution in [1.82, 2.24) is 5.32 Å². The van der Waals surface area contributed by atoms with Gasteiger partial charge in [0.1, 0.15) is 0 Å². The maximum absolute atomic E-state index is 12.1. The quantitative estimate of drug-likeness (QED) is 0.689. The third-order valence-corrected chi connectivity index (χ3v) is 3.64. The lowest BCUT2D eigenvalue weighted by Gasteiger charge is -2.36. The number of aliphatic hydroxyl groups is 1. The first-order chi connectivity index (χ1) is 7.79. The highest BCUT2D eigenvalue weighted by Gasteiger charge is 2.38. The van der Waals surface area contributed by atoms with Crippen molar-refractivity contribution in [2.75, 3.05) is 13.2 Å². The molecule has 1 fully saturated rings. The Morgan fingerprint density at radius 2 is 2.24 bits per heavy atom. The van der Waals surface area contributed by atoms with Gasteiger partial charge in [-0.3, -0.25) is 4.79 Å². The van der Waals surface area contributed by atoms with E-state index in [9.17, 15) is 4.79 Å². The fraction of sp³-hybridized carbons (Fsp3) is 0.923. The summed E-state index contributed by atoms with van der Waals surface area (Å²) in [4.78, 5) is 12.1. The summed E-state index contributed by atoms with van der Waals surface area (Å²) in [6.07, 6.45) is 3.71. The van der Waals surface area contributed by atoms with Gasteiger partial charge < -0.3 is 16.2 Å². The Hall–Kier alpha value is -0.610. The molecule has 0 bridgehead atoms. The number of nitrogens with one attached hydrogen (secondary N) is 1. The van der Waals surface area contributed by atoms with Crippen LogP contribution in [0, 0.1) is 11.3 Å². The molecule has 0 aliphatic heterocycles. The van der Waals surface area contributed by atoms with Gasteiger partial charge in [0.25, 0.3) is 0 Å². The predicted molar refractivity (Wildman–Crippen MR) is 68.4 cm³/mol.